The quantitative estimate of drug-likeness (QED) is 0.402. The number of ether oxygens (including phenoxy) is 2. The lowest BCUT2D eigenvalue weighted by atomic mass is 10.1. The van der Waals surface area contributed by atoms with Gasteiger partial charge in [0.25, 0.3) is 5.69 Å². The Bertz CT molecular complexity index is 931. The Morgan fingerprint density at radius 3 is 2.64 bits per heavy atom. The zero-order chi connectivity index (χ0) is 20.8. The summed E-state index contributed by atoms with van der Waals surface area (Å²) in [5.74, 6) is -0.672. The zero-order valence-corrected chi connectivity index (χ0v) is 16.1. The topological polar surface area (TPSA) is 90.7 Å². The highest BCUT2D eigenvalue weighted by Gasteiger charge is 2.14. The maximum absolute atomic E-state index is 13.7. The number of non-ortho nitro benzene ring substituents is 1. The van der Waals surface area contributed by atoms with Crippen LogP contribution in [0, 0.1) is 15.9 Å². The number of anilines is 1. The van der Waals surface area contributed by atoms with Crippen molar-refractivity contribution < 1.29 is 23.6 Å². The second-order valence-electron chi connectivity index (χ2n) is 5.94. The Kier molecular flexibility index (Phi) is 6.94. The number of rotatable bonds is 7. The number of benzene rings is 2. The summed E-state index contributed by atoms with van der Waals surface area (Å²) < 4.78 is 24.6. The molecule has 1 amide bonds. The highest BCUT2D eigenvalue weighted by molar-refractivity contribution is 6.32. The molecule has 1 N–H and O–H groups in total. The molecule has 0 saturated heterocycles. The van der Waals surface area contributed by atoms with E-state index in [9.17, 15) is 19.3 Å². The molecule has 2 aromatic rings. The standard InChI is InChI=1S/C19H18ClFN2O5/c1-11(2)28-19-14(20)8-12(9-17(19)27-3)4-7-18(24)22-16-10-13(23(25)26)5-6-15(16)21/h4-11H,1-3H3,(H,22,24)/b7-4+. The number of nitrogens with zero attached hydrogens (tertiary/aromatic N) is 1. The van der Waals surface area contributed by atoms with Crippen molar-refractivity contribution >= 4 is 35.0 Å². The van der Waals surface area contributed by atoms with Crippen molar-refractivity contribution in [2.24, 2.45) is 0 Å². The Balaban J connectivity index is 2.19. The minimum atomic E-state index is -0.785. The van der Waals surface area contributed by atoms with Crippen molar-refractivity contribution in [2.75, 3.05) is 12.4 Å². The van der Waals surface area contributed by atoms with E-state index in [1.54, 1.807) is 12.1 Å². The van der Waals surface area contributed by atoms with Gasteiger partial charge in [-0.05, 0) is 43.7 Å². The van der Waals surface area contributed by atoms with Gasteiger partial charge in [0.2, 0.25) is 5.91 Å². The number of nitro groups is 1. The van der Waals surface area contributed by atoms with Crippen LogP contribution in [0.5, 0.6) is 11.5 Å². The van der Waals surface area contributed by atoms with Gasteiger partial charge in [0.05, 0.1) is 28.8 Å². The van der Waals surface area contributed by atoms with Crippen LogP contribution < -0.4 is 14.8 Å². The summed E-state index contributed by atoms with van der Waals surface area (Å²) in [4.78, 5) is 22.1. The van der Waals surface area contributed by atoms with Gasteiger partial charge in [-0.25, -0.2) is 4.39 Å². The second kappa shape index (κ2) is 9.18. The average molecular weight is 409 g/mol. The van der Waals surface area contributed by atoms with Crippen molar-refractivity contribution in [3.8, 4) is 11.5 Å². The molecule has 0 unspecified atom stereocenters. The number of hydrogen-bond donors (Lipinski definition) is 1. The molecular formula is C19H18ClFN2O5. The Morgan fingerprint density at radius 1 is 1.32 bits per heavy atom. The maximum Gasteiger partial charge on any atom is 0.271 e. The first-order chi connectivity index (χ1) is 13.2. The molecule has 0 heterocycles. The van der Waals surface area contributed by atoms with Crippen LogP contribution in [0.2, 0.25) is 5.02 Å². The molecule has 0 atom stereocenters. The molecule has 2 rings (SSSR count). The fourth-order valence-electron chi connectivity index (χ4n) is 2.26. The first kappa shape index (κ1) is 21.2. The van der Waals surface area contributed by atoms with E-state index in [2.05, 4.69) is 5.32 Å². The van der Waals surface area contributed by atoms with E-state index in [4.69, 9.17) is 21.1 Å². The predicted molar refractivity (Wildman–Crippen MR) is 104 cm³/mol. The summed E-state index contributed by atoms with van der Waals surface area (Å²) >= 11 is 6.22. The van der Waals surface area contributed by atoms with Gasteiger partial charge < -0.3 is 14.8 Å². The van der Waals surface area contributed by atoms with Gasteiger partial charge in [-0.1, -0.05) is 11.6 Å². The Morgan fingerprint density at radius 2 is 2.04 bits per heavy atom. The van der Waals surface area contributed by atoms with E-state index in [1.807, 2.05) is 13.8 Å². The normalized spacial score (nSPS) is 10.9. The van der Waals surface area contributed by atoms with Gasteiger partial charge in [-0.3, -0.25) is 14.9 Å². The smallest absolute Gasteiger partial charge is 0.271 e. The average Bonchev–Trinajstić information content (AvgIpc) is 2.63. The lowest BCUT2D eigenvalue weighted by Gasteiger charge is -2.15. The van der Waals surface area contributed by atoms with Crippen LogP contribution >= 0.6 is 11.6 Å². The fourth-order valence-corrected chi connectivity index (χ4v) is 2.52. The number of carbonyl (C=O) groups is 1. The maximum atomic E-state index is 13.7. The van der Waals surface area contributed by atoms with Crippen LogP contribution in [0.1, 0.15) is 19.4 Å². The van der Waals surface area contributed by atoms with Gasteiger partial charge >= 0.3 is 0 Å². The van der Waals surface area contributed by atoms with E-state index >= 15 is 0 Å². The molecule has 0 saturated carbocycles. The molecule has 0 aliphatic rings. The number of carbonyl (C=O) groups excluding carboxylic acids is 1. The molecule has 148 valence electrons. The molecule has 0 aromatic heterocycles. The molecule has 2 aromatic carbocycles. The molecule has 0 radical (unpaired) electrons. The van der Waals surface area contributed by atoms with Crippen LogP contribution in [0.15, 0.2) is 36.4 Å². The highest BCUT2D eigenvalue weighted by Crippen LogP contribution is 2.37. The van der Waals surface area contributed by atoms with Crippen molar-refractivity contribution in [2.45, 2.75) is 20.0 Å². The summed E-state index contributed by atoms with van der Waals surface area (Å²) in [6.45, 7) is 3.70. The molecular weight excluding hydrogens is 391 g/mol. The van der Waals surface area contributed by atoms with Crippen LogP contribution in [0.4, 0.5) is 15.8 Å². The summed E-state index contributed by atoms with van der Waals surface area (Å²) in [6.07, 6.45) is 2.48. The molecule has 0 spiro atoms. The Labute approximate surface area is 165 Å². The number of methoxy groups -OCH3 is 1. The lowest BCUT2D eigenvalue weighted by Crippen LogP contribution is -2.09. The predicted octanol–water partition coefficient (Wildman–Crippen LogP) is 4.84. The van der Waals surface area contributed by atoms with E-state index < -0.39 is 16.6 Å². The third kappa shape index (κ3) is 5.43. The molecule has 9 heteroatoms. The second-order valence-corrected chi connectivity index (χ2v) is 6.35. The molecule has 0 bridgehead atoms. The van der Waals surface area contributed by atoms with Gasteiger partial charge in [-0.2, -0.15) is 0 Å². The van der Waals surface area contributed by atoms with Crippen LogP contribution in [-0.4, -0.2) is 24.0 Å². The SMILES string of the molecule is COc1cc(/C=C/C(=O)Nc2cc([N+](=O)[O-])ccc2F)cc(Cl)c1OC(C)C. The summed E-state index contributed by atoms with van der Waals surface area (Å²) in [5, 5.41) is 13.3. The van der Waals surface area contributed by atoms with Crippen molar-refractivity contribution in [1.29, 1.82) is 0 Å². The molecule has 0 aliphatic carbocycles. The van der Waals surface area contributed by atoms with Gasteiger partial charge in [0, 0.05) is 18.2 Å². The van der Waals surface area contributed by atoms with Crippen molar-refractivity contribution in [3.05, 3.63) is 62.9 Å². The minimum Gasteiger partial charge on any atom is -0.493 e. The van der Waals surface area contributed by atoms with Crippen molar-refractivity contribution in [1.82, 2.24) is 0 Å². The minimum absolute atomic E-state index is 0.108. The van der Waals surface area contributed by atoms with E-state index in [0.29, 0.717) is 22.1 Å². The van der Waals surface area contributed by atoms with Crippen molar-refractivity contribution in [3.63, 3.8) is 0 Å². The number of hydrogen-bond acceptors (Lipinski definition) is 5. The zero-order valence-electron chi connectivity index (χ0n) is 15.4. The van der Waals surface area contributed by atoms with E-state index in [0.717, 1.165) is 24.3 Å². The first-order valence-electron chi connectivity index (χ1n) is 8.18. The van der Waals surface area contributed by atoms with Crippen LogP contribution in [0.25, 0.3) is 6.08 Å². The monoisotopic (exact) mass is 408 g/mol. The summed E-state index contributed by atoms with van der Waals surface area (Å²) in [7, 11) is 1.46. The van der Waals surface area contributed by atoms with Gasteiger partial charge in [0.1, 0.15) is 5.82 Å². The van der Waals surface area contributed by atoms with Gasteiger partial charge in [-0.15, -0.1) is 0 Å². The fraction of sp³-hybridized carbons (Fsp3) is 0.211. The highest BCUT2D eigenvalue weighted by atomic mass is 35.5. The number of halogens is 2. The van der Waals surface area contributed by atoms with E-state index in [-0.39, 0.29) is 17.5 Å². The van der Waals surface area contributed by atoms with Crippen LogP contribution in [0.3, 0.4) is 0 Å². The molecule has 7 nitrogen and oxygen atoms in total. The number of nitrogens with one attached hydrogen (secondary N) is 1. The first-order valence-corrected chi connectivity index (χ1v) is 8.56. The third-order valence-electron chi connectivity index (χ3n) is 3.45. The van der Waals surface area contributed by atoms with Crippen LogP contribution in [-0.2, 0) is 4.79 Å². The largest absolute Gasteiger partial charge is 0.493 e. The molecule has 28 heavy (non-hydrogen) atoms. The lowest BCUT2D eigenvalue weighted by molar-refractivity contribution is -0.384. The number of amides is 1. The summed E-state index contributed by atoms with van der Waals surface area (Å²) in [5.41, 5.74) is -0.0781. The van der Waals surface area contributed by atoms with Gasteiger partial charge in [0.15, 0.2) is 11.5 Å². The molecule has 0 aliphatic heterocycles. The summed E-state index contributed by atoms with van der Waals surface area (Å²) in [6, 6.07) is 6.07. The Hall–Kier alpha value is -3.13. The number of nitro benzene ring substituents is 1. The molecule has 0 fully saturated rings. The van der Waals surface area contributed by atoms with E-state index in [1.165, 1.54) is 13.2 Å². The third-order valence-corrected chi connectivity index (χ3v) is 3.73.